The average Bonchev–Trinajstić information content (AvgIpc) is 2.62. The van der Waals surface area contributed by atoms with E-state index in [1.54, 1.807) is 7.11 Å². The quantitative estimate of drug-likeness (QED) is 0.756. The van der Waals surface area contributed by atoms with E-state index >= 15 is 0 Å². The summed E-state index contributed by atoms with van der Waals surface area (Å²) in [5.74, 6) is 0. The number of aryl methyl sites for hydroxylation is 1. The minimum Gasteiger partial charge on any atom is -0.381 e. The van der Waals surface area contributed by atoms with Gasteiger partial charge in [0.05, 0.1) is 6.10 Å². The summed E-state index contributed by atoms with van der Waals surface area (Å²) in [7, 11) is 3.91. The molecular weight excluding hydrogens is 280 g/mol. The summed E-state index contributed by atoms with van der Waals surface area (Å²) in [5.41, 5.74) is 3.90. The second-order valence-corrected chi connectivity index (χ2v) is 5.40. The Labute approximate surface area is 109 Å². The van der Waals surface area contributed by atoms with E-state index in [0.29, 0.717) is 6.10 Å². The van der Waals surface area contributed by atoms with Crippen molar-refractivity contribution in [1.29, 1.82) is 0 Å². The highest BCUT2D eigenvalue weighted by Gasteiger charge is 2.24. The van der Waals surface area contributed by atoms with Crippen molar-refractivity contribution in [3.05, 3.63) is 28.0 Å². The number of halogens is 1. The molecule has 2 aromatic rings. The van der Waals surface area contributed by atoms with Gasteiger partial charge in [-0.05, 0) is 46.5 Å². The van der Waals surface area contributed by atoms with E-state index in [-0.39, 0.29) is 0 Å². The standard InChI is InChI=1S/C13H15BrN2O/c1-16-11-5-3-8(17-2)7-10(11)9-4-6-12(14)15-13(9)16/h4,6,8H,3,5,7H2,1-2H3. The van der Waals surface area contributed by atoms with Gasteiger partial charge in [-0.15, -0.1) is 0 Å². The molecule has 17 heavy (non-hydrogen) atoms. The Bertz CT molecular complexity index is 576. The number of methoxy groups -OCH3 is 1. The van der Waals surface area contributed by atoms with Gasteiger partial charge >= 0.3 is 0 Å². The van der Waals surface area contributed by atoms with Crippen LogP contribution in [0, 0.1) is 0 Å². The van der Waals surface area contributed by atoms with Gasteiger partial charge in [0.25, 0.3) is 0 Å². The van der Waals surface area contributed by atoms with E-state index in [2.05, 4.69) is 38.6 Å². The molecule has 0 saturated heterocycles. The lowest BCUT2D eigenvalue weighted by Gasteiger charge is -2.21. The Balaban J connectivity index is 2.22. The Hall–Kier alpha value is -0.870. The number of hydrogen-bond acceptors (Lipinski definition) is 2. The Kier molecular flexibility index (Phi) is 2.71. The number of fused-ring (bicyclic) bond motifs is 3. The number of rotatable bonds is 1. The van der Waals surface area contributed by atoms with Crippen molar-refractivity contribution >= 4 is 27.0 Å². The number of hydrogen-bond donors (Lipinski definition) is 0. The summed E-state index contributed by atoms with van der Waals surface area (Å²) < 4.78 is 8.61. The molecular formula is C13H15BrN2O. The van der Waals surface area contributed by atoms with Gasteiger partial charge in [-0.1, -0.05) is 0 Å². The summed E-state index contributed by atoms with van der Waals surface area (Å²) in [4.78, 5) is 4.57. The lowest BCUT2D eigenvalue weighted by molar-refractivity contribution is 0.0908. The van der Waals surface area contributed by atoms with Crippen LogP contribution in [-0.2, 0) is 24.6 Å². The van der Waals surface area contributed by atoms with E-state index in [1.165, 1.54) is 16.6 Å². The largest absolute Gasteiger partial charge is 0.381 e. The minimum atomic E-state index is 0.358. The van der Waals surface area contributed by atoms with Crippen molar-refractivity contribution in [1.82, 2.24) is 9.55 Å². The molecule has 1 atom stereocenters. The molecule has 4 heteroatoms. The number of nitrogens with zero attached hydrogens (tertiary/aromatic N) is 2. The molecule has 3 rings (SSSR count). The van der Waals surface area contributed by atoms with Crippen molar-refractivity contribution in [3.63, 3.8) is 0 Å². The van der Waals surface area contributed by atoms with Gasteiger partial charge in [-0.25, -0.2) is 4.98 Å². The van der Waals surface area contributed by atoms with Crippen LogP contribution >= 0.6 is 15.9 Å². The van der Waals surface area contributed by atoms with Crippen LogP contribution < -0.4 is 0 Å². The molecule has 0 bridgehead atoms. The van der Waals surface area contributed by atoms with Crippen molar-refractivity contribution < 1.29 is 4.74 Å². The summed E-state index contributed by atoms with van der Waals surface area (Å²) in [6.07, 6.45) is 3.55. The first-order valence-corrected chi connectivity index (χ1v) is 6.65. The number of aromatic nitrogens is 2. The van der Waals surface area contributed by atoms with E-state index < -0.39 is 0 Å². The molecule has 0 spiro atoms. The molecule has 3 nitrogen and oxygen atoms in total. The van der Waals surface area contributed by atoms with Crippen molar-refractivity contribution in [2.45, 2.75) is 25.4 Å². The van der Waals surface area contributed by atoms with Crippen molar-refractivity contribution in [2.24, 2.45) is 7.05 Å². The second kappa shape index (κ2) is 4.10. The first kappa shape index (κ1) is 11.2. The minimum absolute atomic E-state index is 0.358. The van der Waals surface area contributed by atoms with Crippen LogP contribution in [0.5, 0.6) is 0 Å². The van der Waals surface area contributed by atoms with Gasteiger partial charge in [0, 0.05) is 31.7 Å². The highest BCUT2D eigenvalue weighted by atomic mass is 79.9. The zero-order valence-corrected chi connectivity index (χ0v) is 11.6. The van der Waals surface area contributed by atoms with E-state index in [4.69, 9.17) is 4.74 Å². The summed E-state index contributed by atoms with van der Waals surface area (Å²) in [5, 5.41) is 1.27. The molecule has 90 valence electrons. The summed E-state index contributed by atoms with van der Waals surface area (Å²) >= 11 is 3.44. The normalized spacial score (nSPS) is 19.6. The molecule has 0 aromatic carbocycles. The molecule has 1 unspecified atom stereocenters. The third-order valence-corrected chi connectivity index (χ3v) is 4.15. The zero-order chi connectivity index (χ0) is 12.0. The van der Waals surface area contributed by atoms with Crippen LogP contribution in [-0.4, -0.2) is 22.8 Å². The topological polar surface area (TPSA) is 27.1 Å². The monoisotopic (exact) mass is 294 g/mol. The van der Waals surface area contributed by atoms with Crippen molar-refractivity contribution in [2.75, 3.05) is 7.11 Å². The lowest BCUT2D eigenvalue weighted by atomic mass is 9.93. The van der Waals surface area contributed by atoms with Crippen LogP contribution in [0.1, 0.15) is 17.7 Å². The molecule has 1 aliphatic rings. The molecule has 0 N–H and O–H groups in total. The van der Waals surface area contributed by atoms with E-state index in [9.17, 15) is 0 Å². The predicted molar refractivity (Wildman–Crippen MR) is 71.2 cm³/mol. The van der Waals surface area contributed by atoms with Gasteiger partial charge in [-0.3, -0.25) is 0 Å². The fourth-order valence-corrected chi connectivity index (χ4v) is 3.08. The third-order valence-electron chi connectivity index (χ3n) is 3.71. The highest BCUT2D eigenvalue weighted by molar-refractivity contribution is 9.10. The Morgan fingerprint density at radius 1 is 1.47 bits per heavy atom. The van der Waals surface area contributed by atoms with Gasteiger partial charge in [0.2, 0.25) is 0 Å². The summed E-state index contributed by atoms with van der Waals surface area (Å²) in [6.45, 7) is 0. The molecule has 0 aliphatic heterocycles. The molecule has 0 amide bonds. The third kappa shape index (κ3) is 1.70. The van der Waals surface area contributed by atoms with Crippen LogP contribution in [0.15, 0.2) is 16.7 Å². The van der Waals surface area contributed by atoms with E-state index in [0.717, 1.165) is 29.5 Å². The number of pyridine rings is 1. The first-order valence-electron chi connectivity index (χ1n) is 5.86. The SMILES string of the molecule is COC1CCc2c(c3ccc(Br)nc3n2C)C1. The first-order chi connectivity index (χ1) is 8.20. The number of ether oxygens (including phenoxy) is 1. The smallest absolute Gasteiger partial charge is 0.141 e. The van der Waals surface area contributed by atoms with Crippen LogP contribution in [0.4, 0.5) is 0 Å². The lowest BCUT2D eigenvalue weighted by Crippen LogP contribution is -2.21. The Morgan fingerprint density at radius 3 is 3.06 bits per heavy atom. The van der Waals surface area contributed by atoms with Crippen LogP contribution in [0.2, 0.25) is 0 Å². The van der Waals surface area contributed by atoms with E-state index in [1.807, 2.05) is 6.07 Å². The fraction of sp³-hybridized carbons (Fsp3) is 0.462. The van der Waals surface area contributed by atoms with Gasteiger partial charge < -0.3 is 9.30 Å². The van der Waals surface area contributed by atoms with Crippen LogP contribution in [0.3, 0.4) is 0 Å². The Morgan fingerprint density at radius 2 is 2.29 bits per heavy atom. The molecule has 1 aliphatic carbocycles. The maximum atomic E-state index is 5.49. The van der Waals surface area contributed by atoms with Gasteiger partial charge in [-0.2, -0.15) is 0 Å². The summed E-state index contributed by atoms with van der Waals surface area (Å²) in [6, 6.07) is 4.17. The average molecular weight is 295 g/mol. The zero-order valence-electron chi connectivity index (χ0n) is 10.0. The molecule has 0 fully saturated rings. The fourth-order valence-electron chi connectivity index (χ4n) is 2.78. The highest BCUT2D eigenvalue weighted by Crippen LogP contribution is 2.32. The molecule has 0 radical (unpaired) electrons. The maximum absolute atomic E-state index is 5.49. The van der Waals surface area contributed by atoms with Crippen molar-refractivity contribution in [3.8, 4) is 0 Å². The van der Waals surface area contributed by atoms with Gasteiger partial charge in [0.1, 0.15) is 10.3 Å². The maximum Gasteiger partial charge on any atom is 0.141 e. The molecule has 2 aromatic heterocycles. The predicted octanol–water partition coefficient (Wildman–Crippen LogP) is 2.84. The van der Waals surface area contributed by atoms with Gasteiger partial charge in [0.15, 0.2) is 0 Å². The second-order valence-electron chi connectivity index (χ2n) is 4.59. The molecule has 0 saturated carbocycles. The molecule has 2 heterocycles. The van der Waals surface area contributed by atoms with Crippen LogP contribution in [0.25, 0.3) is 11.0 Å².